The van der Waals surface area contributed by atoms with Crippen molar-refractivity contribution in [2.75, 3.05) is 6.54 Å². The van der Waals surface area contributed by atoms with Crippen molar-refractivity contribution in [3.63, 3.8) is 0 Å². The lowest BCUT2D eigenvalue weighted by Gasteiger charge is -2.22. The predicted octanol–water partition coefficient (Wildman–Crippen LogP) is 2.20. The second-order valence-electron chi connectivity index (χ2n) is 5.87. The van der Waals surface area contributed by atoms with Gasteiger partial charge in [-0.05, 0) is 37.5 Å². The second-order valence-corrected chi connectivity index (χ2v) is 5.87. The SMILES string of the molecule is N[C@@H]1CCC[C@H]1CC(=O)NCC1CCCCC1. The molecular formula is C14H26N2O. The van der Waals surface area contributed by atoms with E-state index >= 15 is 0 Å². The van der Waals surface area contributed by atoms with Crippen molar-refractivity contribution < 1.29 is 4.79 Å². The fourth-order valence-corrected chi connectivity index (χ4v) is 3.28. The van der Waals surface area contributed by atoms with Crippen LogP contribution in [0.25, 0.3) is 0 Å². The summed E-state index contributed by atoms with van der Waals surface area (Å²) in [5.74, 6) is 1.38. The summed E-state index contributed by atoms with van der Waals surface area (Å²) in [4.78, 5) is 11.8. The monoisotopic (exact) mass is 238 g/mol. The Balaban J connectivity index is 1.63. The molecule has 0 heterocycles. The minimum Gasteiger partial charge on any atom is -0.356 e. The van der Waals surface area contributed by atoms with E-state index in [1.165, 1.54) is 38.5 Å². The fourth-order valence-electron chi connectivity index (χ4n) is 3.28. The molecule has 3 nitrogen and oxygen atoms in total. The van der Waals surface area contributed by atoms with Gasteiger partial charge in [0, 0.05) is 19.0 Å². The Bertz CT molecular complexity index is 249. The smallest absolute Gasteiger partial charge is 0.220 e. The van der Waals surface area contributed by atoms with Crippen molar-refractivity contribution in [1.82, 2.24) is 5.32 Å². The Hall–Kier alpha value is -0.570. The van der Waals surface area contributed by atoms with E-state index in [1.54, 1.807) is 0 Å². The Kier molecular flexibility index (Phi) is 4.84. The quantitative estimate of drug-likeness (QED) is 0.789. The van der Waals surface area contributed by atoms with Crippen LogP contribution in [0.5, 0.6) is 0 Å². The molecular weight excluding hydrogens is 212 g/mol. The summed E-state index contributed by atoms with van der Waals surface area (Å²) in [5, 5.41) is 3.11. The Morgan fingerprint density at radius 2 is 1.82 bits per heavy atom. The highest BCUT2D eigenvalue weighted by Gasteiger charge is 2.26. The van der Waals surface area contributed by atoms with Gasteiger partial charge in [0.25, 0.3) is 0 Å². The molecule has 17 heavy (non-hydrogen) atoms. The zero-order valence-corrected chi connectivity index (χ0v) is 10.8. The number of nitrogens with two attached hydrogens (primary N) is 1. The van der Waals surface area contributed by atoms with Crippen molar-refractivity contribution in [2.45, 2.75) is 63.8 Å². The second kappa shape index (κ2) is 6.39. The van der Waals surface area contributed by atoms with Crippen LogP contribution in [0.3, 0.4) is 0 Å². The van der Waals surface area contributed by atoms with Crippen LogP contribution in [0.4, 0.5) is 0 Å². The van der Waals surface area contributed by atoms with Crippen LogP contribution in [-0.4, -0.2) is 18.5 Å². The fraction of sp³-hybridized carbons (Fsp3) is 0.929. The highest BCUT2D eigenvalue weighted by atomic mass is 16.1. The van der Waals surface area contributed by atoms with Crippen molar-refractivity contribution in [2.24, 2.45) is 17.6 Å². The van der Waals surface area contributed by atoms with E-state index in [4.69, 9.17) is 5.73 Å². The molecule has 2 aliphatic rings. The molecule has 0 unspecified atom stereocenters. The van der Waals surface area contributed by atoms with Crippen LogP contribution in [0, 0.1) is 11.8 Å². The number of carbonyl (C=O) groups is 1. The molecule has 2 fully saturated rings. The zero-order chi connectivity index (χ0) is 12.1. The average Bonchev–Trinajstić information content (AvgIpc) is 2.74. The van der Waals surface area contributed by atoms with Gasteiger partial charge in [-0.1, -0.05) is 25.7 Å². The lowest BCUT2D eigenvalue weighted by Crippen LogP contribution is -2.34. The van der Waals surface area contributed by atoms with E-state index in [2.05, 4.69) is 5.32 Å². The number of carbonyl (C=O) groups excluding carboxylic acids is 1. The third-order valence-corrected chi connectivity index (χ3v) is 4.48. The molecule has 3 N–H and O–H groups in total. The molecule has 1 amide bonds. The normalized spacial score (nSPS) is 30.4. The van der Waals surface area contributed by atoms with Gasteiger partial charge in [-0.3, -0.25) is 4.79 Å². The van der Waals surface area contributed by atoms with Gasteiger partial charge in [-0.25, -0.2) is 0 Å². The van der Waals surface area contributed by atoms with Gasteiger partial charge >= 0.3 is 0 Å². The number of amides is 1. The molecule has 0 aromatic heterocycles. The van der Waals surface area contributed by atoms with E-state index in [0.717, 1.165) is 25.3 Å². The van der Waals surface area contributed by atoms with Crippen LogP contribution >= 0.6 is 0 Å². The predicted molar refractivity (Wildman–Crippen MR) is 69.5 cm³/mol. The molecule has 0 aliphatic heterocycles. The lowest BCUT2D eigenvalue weighted by atomic mass is 9.89. The van der Waals surface area contributed by atoms with Gasteiger partial charge < -0.3 is 11.1 Å². The summed E-state index contributed by atoms with van der Waals surface area (Å²) in [6.07, 6.45) is 10.7. The van der Waals surface area contributed by atoms with Crippen LogP contribution < -0.4 is 11.1 Å². The molecule has 0 aromatic carbocycles. The molecule has 2 rings (SSSR count). The van der Waals surface area contributed by atoms with Gasteiger partial charge in [0.05, 0.1) is 0 Å². The Morgan fingerprint density at radius 3 is 2.47 bits per heavy atom. The molecule has 2 saturated carbocycles. The summed E-state index contributed by atoms with van der Waals surface area (Å²) < 4.78 is 0. The van der Waals surface area contributed by atoms with E-state index < -0.39 is 0 Å². The Morgan fingerprint density at radius 1 is 1.06 bits per heavy atom. The minimum atomic E-state index is 0.220. The van der Waals surface area contributed by atoms with Crippen LogP contribution in [0.1, 0.15) is 57.8 Å². The van der Waals surface area contributed by atoms with Crippen molar-refractivity contribution in [3.05, 3.63) is 0 Å². The molecule has 2 atom stereocenters. The average molecular weight is 238 g/mol. The van der Waals surface area contributed by atoms with Crippen molar-refractivity contribution >= 4 is 5.91 Å². The van der Waals surface area contributed by atoms with Crippen LogP contribution in [0.2, 0.25) is 0 Å². The topological polar surface area (TPSA) is 55.1 Å². The highest BCUT2D eigenvalue weighted by Crippen LogP contribution is 2.27. The van der Waals surface area contributed by atoms with E-state index in [1.807, 2.05) is 0 Å². The summed E-state index contributed by atoms with van der Waals surface area (Å²) >= 11 is 0. The third kappa shape index (κ3) is 3.98. The van der Waals surface area contributed by atoms with E-state index in [9.17, 15) is 4.79 Å². The van der Waals surface area contributed by atoms with Crippen molar-refractivity contribution in [3.8, 4) is 0 Å². The lowest BCUT2D eigenvalue weighted by molar-refractivity contribution is -0.122. The highest BCUT2D eigenvalue weighted by molar-refractivity contribution is 5.76. The standard InChI is InChI=1S/C14H26N2O/c15-13-8-4-7-12(13)9-14(17)16-10-11-5-2-1-3-6-11/h11-13H,1-10,15H2,(H,16,17)/t12-,13+/m0/s1. The van der Waals surface area contributed by atoms with E-state index in [0.29, 0.717) is 12.3 Å². The summed E-state index contributed by atoms with van der Waals surface area (Å²) in [6.45, 7) is 0.890. The molecule has 3 heteroatoms. The summed E-state index contributed by atoms with van der Waals surface area (Å²) in [6, 6.07) is 0.260. The molecule has 0 aromatic rings. The van der Waals surface area contributed by atoms with Gasteiger partial charge in [0.1, 0.15) is 0 Å². The maximum Gasteiger partial charge on any atom is 0.220 e. The van der Waals surface area contributed by atoms with Gasteiger partial charge in [0.15, 0.2) is 0 Å². The molecule has 0 spiro atoms. The third-order valence-electron chi connectivity index (χ3n) is 4.48. The summed E-state index contributed by atoms with van der Waals surface area (Å²) in [5.41, 5.74) is 5.99. The molecule has 2 aliphatic carbocycles. The maximum absolute atomic E-state index is 11.8. The number of hydrogen-bond acceptors (Lipinski definition) is 2. The van der Waals surface area contributed by atoms with Crippen molar-refractivity contribution in [1.29, 1.82) is 0 Å². The molecule has 0 saturated heterocycles. The number of nitrogens with one attached hydrogen (secondary N) is 1. The first kappa shape index (κ1) is 12.9. The van der Waals surface area contributed by atoms with Gasteiger partial charge in [0.2, 0.25) is 5.91 Å². The zero-order valence-electron chi connectivity index (χ0n) is 10.8. The molecule has 0 radical (unpaired) electrons. The first-order valence-corrected chi connectivity index (χ1v) is 7.28. The maximum atomic E-state index is 11.8. The first-order chi connectivity index (χ1) is 8.25. The van der Waals surface area contributed by atoms with E-state index in [-0.39, 0.29) is 11.9 Å². The molecule has 0 bridgehead atoms. The first-order valence-electron chi connectivity index (χ1n) is 7.28. The van der Waals surface area contributed by atoms with Crippen LogP contribution in [-0.2, 0) is 4.79 Å². The Labute approximate surface area is 105 Å². The largest absolute Gasteiger partial charge is 0.356 e. The minimum absolute atomic E-state index is 0.220. The van der Waals surface area contributed by atoms with Crippen LogP contribution in [0.15, 0.2) is 0 Å². The van der Waals surface area contributed by atoms with Gasteiger partial charge in [-0.2, -0.15) is 0 Å². The summed E-state index contributed by atoms with van der Waals surface area (Å²) in [7, 11) is 0. The molecule has 98 valence electrons. The number of hydrogen-bond donors (Lipinski definition) is 2. The van der Waals surface area contributed by atoms with Gasteiger partial charge in [-0.15, -0.1) is 0 Å². The number of rotatable bonds is 4.